The fraction of sp³-hybridized carbons (Fsp3) is 0.208. The van der Waals surface area contributed by atoms with Gasteiger partial charge in [0.2, 0.25) is 0 Å². The van der Waals surface area contributed by atoms with Gasteiger partial charge in [0.1, 0.15) is 28.2 Å². The molecule has 0 atom stereocenters. The summed E-state index contributed by atoms with van der Waals surface area (Å²) in [5.74, 6) is -1.13. The van der Waals surface area contributed by atoms with E-state index in [1.807, 2.05) is 0 Å². The Hall–Kier alpha value is -3.84. The van der Waals surface area contributed by atoms with Crippen molar-refractivity contribution in [3.05, 3.63) is 69.3 Å². The van der Waals surface area contributed by atoms with Gasteiger partial charge in [-0.15, -0.1) is 11.3 Å². The first kappa shape index (κ1) is 23.3. The average Bonchev–Trinajstić information content (AvgIpc) is 3.41. The smallest absolute Gasteiger partial charge is 0.416 e. The van der Waals surface area contributed by atoms with E-state index in [9.17, 15) is 28.0 Å². The van der Waals surface area contributed by atoms with E-state index in [2.05, 4.69) is 5.32 Å². The van der Waals surface area contributed by atoms with Crippen LogP contribution in [0.3, 0.4) is 0 Å². The molecular weight excluding hydrogens is 467 g/mol. The van der Waals surface area contributed by atoms with Gasteiger partial charge in [0.25, 0.3) is 11.8 Å². The number of alkyl halides is 3. The highest BCUT2D eigenvalue weighted by atomic mass is 32.1. The van der Waals surface area contributed by atoms with Crippen LogP contribution >= 0.6 is 11.3 Å². The predicted molar refractivity (Wildman–Crippen MR) is 121 cm³/mol. The van der Waals surface area contributed by atoms with Gasteiger partial charge in [-0.2, -0.15) is 18.4 Å². The Labute approximate surface area is 196 Å². The highest BCUT2D eigenvalue weighted by Crippen LogP contribution is 2.38. The average molecular weight is 485 g/mol. The van der Waals surface area contributed by atoms with Crippen LogP contribution < -0.4 is 11.1 Å². The van der Waals surface area contributed by atoms with Crippen LogP contribution in [0, 0.1) is 11.3 Å². The number of nitrogens with two attached hydrogens (primary N) is 1. The minimum Gasteiger partial charge on any atom is -0.457 e. The number of furan rings is 1. The maximum atomic E-state index is 13.0. The fourth-order valence-corrected chi connectivity index (χ4v) is 5.10. The first-order chi connectivity index (χ1) is 16.2. The van der Waals surface area contributed by atoms with Gasteiger partial charge in [0.05, 0.1) is 11.1 Å². The van der Waals surface area contributed by atoms with Crippen LogP contribution in [-0.2, 0) is 23.8 Å². The van der Waals surface area contributed by atoms with Gasteiger partial charge in [0.15, 0.2) is 0 Å². The molecular formula is C24H18F3N3O3S. The van der Waals surface area contributed by atoms with Crippen molar-refractivity contribution in [2.24, 2.45) is 5.73 Å². The van der Waals surface area contributed by atoms with Gasteiger partial charge < -0.3 is 15.5 Å². The quantitative estimate of drug-likeness (QED) is 0.365. The third-order valence-electron chi connectivity index (χ3n) is 5.40. The van der Waals surface area contributed by atoms with E-state index < -0.39 is 23.6 Å². The molecule has 4 rings (SSSR count). The van der Waals surface area contributed by atoms with Crippen molar-refractivity contribution in [2.45, 2.75) is 31.9 Å². The van der Waals surface area contributed by atoms with Crippen molar-refractivity contribution in [2.75, 3.05) is 5.32 Å². The Morgan fingerprint density at radius 3 is 2.65 bits per heavy atom. The summed E-state index contributed by atoms with van der Waals surface area (Å²) in [7, 11) is 0. The SMILES string of the molecule is N#C/C(=C/c1ccc(-c2cccc(C(F)(F)F)c2)o1)C(=O)Nc1sc2c(c1C(N)=O)CCCC2. The van der Waals surface area contributed by atoms with E-state index in [1.54, 1.807) is 6.07 Å². The number of nitrogens with zero attached hydrogens (tertiary/aromatic N) is 1. The van der Waals surface area contributed by atoms with Crippen molar-refractivity contribution in [1.29, 1.82) is 5.26 Å². The van der Waals surface area contributed by atoms with Gasteiger partial charge in [-0.1, -0.05) is 12.1 Å². The summed E-state index contributed by atoms with van der Waals surface area (Å²) < 4.78 is 44.5. The standard InChI is InChI=1S/C24H18F3N3O3S/c25-24(26,27)15-5-3-4-13(10-15)18-9-8-16(33-18)11-14(12-28)22(32)30-23-20(21(29)31)17-6-1-2-7-19(17)34-23/h3-5,8-11H,1-2,6-7H2,(H2,29,31)(H,30,32)/b14-11-. The number of nitriles is 1. The molecule has 0 saturated carbocycles. The van der Waals surface area contributed by atoms with Crippen LogP contribution in [0.2, 0.25) is 0 Å². The molecule has 3 aromatic rings. The van der Waals surface area contributed by atoms with Gasteiger partial charge in [0, 0.05) is 16.5 Å². The summed E-state index contributed by atoms with van der Waals surface area (Å²) in [5, 5.41) is 12.4. The fourth-order valence-electron chi connectivity index (χ4n) is 3.81. The molecule has 1 aliphatic carbocycles. The topological polar surface area (TPSA) is 109 Å². The second kappa shape index (κ2) is 9.19. The zero-order valence-electron chi connectivity index (χ0n) is 17.7. The van der Waals surface area contributed by atoms with E-state index in [0.29, 0.717) is 11.4 Å². The molecule has 1 aromatic carbocycles. The highest BCUT2D eigenvalue weighted by molar-refractivity contribution is 7.17. The number of rotatable bonds is 5. The molecule has 1 aliphatic rings. The second-order valence-corrected chi connectivity index (χ2v) is 8.79. The molecule has 0 saturated heterocycles. The van der Waals surface area contributed by atoms with E-state index >= 15 is 0 Å². The number of carbonyl (C=O) groups excluding carboxylic acids is 2. The number of benzene rings is 1. The molecule has 3 N–H and O–H groups in total. The lowest BCUT2D eigenvalue weighted by atomic mass is 9.95. The number of carbonyl (C=O) groups is 2. The van der Waals surface area contributed by atoms with E-state index in [0.717, 1.165) is 41.8 Å². The molecule has 6 nitrogen and oxygen atoms in total. The molecule has 0 aliphatic heterocycles. The normalized spacial score (nSPS) is 13.8. The van der Waals surface area contributed by atoms with E-state index in [4.69, 9.17) is 10.2 Å². The molecule has 2 amide bonds. The zero-order valence-corrected chi connectivity index (χ0v) is 18.5. The zero-order chi connectivity index (χ0) is 24.5. The Kier molecular flexibility index (Phi) is 6.30. The number of halogens is 3. The molecule has 0 radical (unpaired) electrons. The summed E-state index contributed by atoms with van der Waals surface area (Å²) in [6, 6.07) is 9.31. The van der Waals surface area contributed by atoms with Crippen molar-refractivity contribution in [3.8, 4) is 17.4 Å². The number of hydrogen-bond donors (Lipinski definition) is 2. The third-order valence-corrected chi connectivity index (χ3v) is 6.60. The summed E-state index contributed by atoms with van der Waals surface area (Å²) >= 11 is 1.27. The summed E-state index contributed by atoms with van der Waals surface area (Å²) in [6.45, 7) is 0. The van der Waals surface area contributed by atoms with Crippen LogP contribution in [0.5, 0.6) is 0 Å². The highest BCUT2D eigenvalue weighted by Gasteiger charge is 2.30. The van der Waals surface area contributed by atoms with Crippen molar-refractivity contribution < 1.29 is 27.2 Å². The second-order valence-electron chi connectivity index (χ2n) is 7.68. The number of fused-ring (bicyclic) bond motifs is 1. The third kappa shape index (κ3) is 4.75. The van der Waals surface area contributed by atoms with E-state index in [1.165, 1.54) is 41.7 Å². The largest absolute Gasteiger partial charge is 0.457 e. The van der Waals surface area contributed by atoms with Gasteiger partial charge in [-0.3, -0.25) is 9.59 Å². The van der Waals surface area contributed by atoms with Gasteiger partial charge in [-0.05, 0) is 55.5 Å². The number of anilines is 1. The molecule has 10 heteroatoms. The summed E-state index contributed by atoms with van der Waals surface area (Å²) in [6.07, 6.45) is 0.0854. The molecule has 174 valence electrons. The Bertz CT molecular complexity index is 1350. The van der Waals surface area contributed by atoms with Crippen molar-refractivity contribution in [3.63, 3.8) is 0 Å². The number of primary amides is 1. The number of thiophene rings is 1. The lowest BCUT2D eigenvalue weighted by Gasteiger charge is -2.11. The predicted octanol–water partition coefficient (Wildman–Crippen LogP) is 5.55. The first-order valence-corrected chi connectivity index (χ1v) is 11.1. The van der Waals surface area contributed by atoms with Crippen LogP contribution in [0.4, 0.5) is 18.2 Å². The van der Waals surface area contributed by atoms with Gasteiger partial charge in [-0.25, -0.2) is 0 Å². The minimum absolute atomic E-state index is 0.111. The Morgan fingerprint density at radius 2 is 1.94 bits per heavy atom. The number of hydrogen-bond acceptors (Lipinski definition) is 5. The molecule has 0 fully saturated rings. The Morgan fingerprint density at radius 1 is 1.18 bits per heavy atom. The first-order valence-electron chi connectivity index (χ1n) is 10.3. The van der Waals surface area contributed by atoms with Crippen molar-refractivity contribution in [1.82, 2.24) is 0 Å². The monoisotopic (exact) mass is 485 g/mol. The van der Waals surface area contributed by atoms with Crippen LogP contribution in [-0.4, -0.2) is 11.8 Å². The van der Waals surface area contributed by atoms with Crippen LogP contribution in [0.15, 0.2) is 46.4 Å². The number of aryl methyl sites for hydroxylation is 1. The van der Waals surface area contributed by atoms with Crippen molar-refractivity contribution >= 4 is 34.2 Å². The lowest BCUT2D eigenvalue weighted by molar-refractivity contribution is -0.137. The summed E-state index contributed by atoms with van der Waals surface area (Å²) in [5.41, 5.74) is 5.74. The number of amides is 2. The van der Waals surface area contributed by atoms with Crippen LogP contribution in [0.25, 0.3) is 17.4 Å². The lowest BCUT2D eigenvalue weighted by Crippen LogP contribution is -2.19. The number of nitrogens with one attached hydrogen (secondary N) is 1. The molecule has 2 aromatic heterocycles. The van der Waals surface area contributed by atoms with Crippen LogP contribution in [0.1, 0.15) is 45.0 Å². The maximum Gasteiger partial charge on any atom is 0.416 e. The molecule has 0 bridgehead atoms. The summed E-state index contributed by atoms with van der Waals surface area (Å²) in [4.78, 5) is 25.8. The maximum absolute atomic E-state index is 13.0. The minimum atomic E-state index is -4.50. The molecule has 0 unspecified atom stereocenters. The molecule has 34 heavy (non-hydrogen) atoms. The van der Waals surface area contributed by atoms with Gasteiger partial charge >= 0.3 is 6.18 Å². The molecule has 0 spiro atoms. The van der Waals surface area contributed by atoms with E-state index in [-0.39, 0.29) is 28.2 Å². The molecule has 2 heterocycles. The Balaban J connectivity index is 1.58.